The van der Waals surface area contributed by atoms with Gasteiger partial charge in [-0.15, -0.1) is 0 Å². The third kappa shape index (κ3) is 3.89. The minimum absolute atomic E-state index is 0.00495. The fourth-order valence-electron chi connectivity index (χ4n) is 4.67. The zero-order chi connectivity index (χ0) is 20.4. The van der Waals surface area contributed by atoms with E-state index >= 15 is 0 Å². The van der Waals surface area contributed by atoms with Crippen LogP contribution in [-0.4, -0.2) is 69.5 Å². The largest absolute Gasteiger partial charge is 0.375 e. The molecule has 2 amide bonds. The van der Waals surface area contributed by atoms with Gasteiger partial charge in [0.1, 0.15) is 6.61 Å². The second kappa shape index (κ2) is 7.94. The molecule has 1 unspecified atom stereocenters. The first kappa shape index (κ1) is 19.6. The molecule has 1 N–H and O–H groups in total. The molecule has 1 saturated carbocycles. The number of nitrogens with zero attached hydrogens (tertiary/aromatic N) is 5. The van der Waals surface area contributed by atoms with E-state index in [1.54, 1.807) is 17.8 Å². The zero-order valence-corrected chi connectivity index (χ0v) is 16.7. The Morgan fingerprint density at radius 3 is 3.00 bits per heavy atom. The second-order valence-electron chi connectivity index (χ2n) is 7.93. The molecule has 2 aromatic rings. The van der Waals surface area contributed by atoms with Gasteiger partial charge in [0.05, 0.1) is 5.41 Å². The Kier molecular flexibility index (Phi) is 5.35. The van der Waals surface area contributed by atoms with E-state index in [4.69, 9.17) is 9.26 Å². The normalized spacial score (nSPS) is 25.9. The summed E-state index contributed by atoms with van der Waals surface area (Å²) < 4.78 is 12.3. The van der Waals surface area contributed by atoms with E-state index < -0.39 is 5.41 Å². The maximum Gasteiger partial charge on any atom is 0.248 e. The van der Waals surface area contributed by atoms with Gasteiger partial charge in [0, 0.05) is 51.6 Å². The van der Waals surface area contributed by atoms with Crippen molar-refractivity contribution in [3.05, 3.63) is 30.2 Å². The van der Waals surface area contributed by atoms with Gasteiger partial charge in [-0.3, -0.25) is 14.3 Å². The van der Waals surface area contributed by atoms with E-state index in [-0.39, 0.29) is 30.4 Å². The van der Waals surface area contributed by atoms with Crippen molar-refractivity contribution in [3.8, 4) is 0 Å². The first-order valence-electron chi connectivity index (χ1n) is 9.84. The van der Waals surface area contributed by atoms with E-state index in [9.17, 15) is 9.59 Å². The highest BCUT2D eigenvalue weighted by atomic mass is 16.5. The van der Waals surface area contributed by atoms with Crippen LogP contribution in [0.4, 0.5) is 0 Å². The average Bonchev–Trinajstić information content (AvgIpc) is 3.43. The van der Waals surface area contributed by atoms with Gasteiger partial charge in [-0.2, -0.15) is 10.1 Å². The summed E-state index contributed by atoms with van der Waals surface area (Å²) >= 11 is 0. The third-order valence-corrected chi connectivity index (χ3v) is 5.94. The minimum atomic E-state index is -0.426. The van der Waals surface area contributed by atoms with Gasteiger partial charge in [0.15, 0.2) is 5.82 Å². The molecule has 1 saturated heterocycles. The first-order valence-corrected chi connectivity index (χ1v) is 9.84. The predicted molar refractivity (Wildman–Crippen MR) is 101 cm³/mol. The molecule has 1 aliphatic carbocycles. The molecule has 4 rings (SSSR count). The standard InChI is InChI=1S/C19H26N6O4/c1-13-21-18(29-23-13)19-9-15(22-16(26)4-7-25-6-3-5-20-25)8-14(19)10-24(12-19)17(27)11-28-2/h3,5-6,14-15H,4,7-12H2,1-2H3,(H,22,26)/t14?,15-,19+/m1/s1. The van der Waals surface area contributed by atoms with E-state index in [0.717, 1.165) is 6.42 Å². The van der Waals surface area contributed by atoms with Gasteiger partial charge < -0.3 is 19.5 Å². The number of ether oxygens (including phenoxy) is 1. The van der Waals surface area contributed by atoms with Gasteiger partial charge in [-0.1, -0.05) is 5.16 Å². The molecule has 3 atom stereocenters. The molecule has 0 spiro atoms. The summed E-state index contributed by atoms with van der Waals surface area (Å²) in [7, 11) is 1.51. The van der Waals surface area contributed by atoms with Crippen LogP contribution in [0, 0.1) is 12.8 Å². The average molecular weight is 402 g/mol. The predicted octanol–water partition coefficient (Wildman–Crippen LogP) is 0.286. The van der Waals surface area contributed by atoms with Crippen LogP contribution in [0.2, 0.25) is 0 Å². The molecule has 0 bridgehead atoms. The van der Waals surface area contributed by atoms with Crippen LogP contribution < -0.4 is 5.32 Å². The molecular weight excluding hydrogens is 376 g/mol. The lowest BCUT2D eigenvalue weighted by molar-refractivity contribution is -0.134. The molecule has 3 heterocycles. The van der Waals surface area contributed by atoms with E-state index in [2.05, 4.69) is 20.6 Å². The quantitative estimate of drug-likeness (QED) is 0.707. The Morgan fingerprint density at radius 1 is 1.45 bits per heavy atom. The van der Waals surface area contributed by atoms with Gasteiger partial charge in [-0.25, -0.2) is 0 Å². The van der Waals surface area contributed by atoms with Crippen molar-refractivity contribution in [2.45, 2.75) is 44.2 Å². The maximum absolute atomic E-state index is 12.4. The van der Waals surface area contributed by atoms with Crippen LogP contribution in [0.1, 0.15) is 31.0 Å². The molecule has 156 valence electrons. The van der Waals surface area contributed by atoms with Gasteiger partial charge in [0.2, 0.25) is 17.7 Å². The van der Waals surface area contributed by atoms with E-state index in [1.165, 1.54) is 7.11 Å². The van der Waals surface area contributed by atoms with Crippen molar-refractivity contribution in [2.75, 3.05) is 26.8 Å². The number of aryl methyl sites for hydroxylation is 2. The summed E-state index contributed by atoms with van der Waals surface area (Å²) in [6.45, 7) is 3.48. The van der Waals surface area contributed by atoms with Crippen LogP contribution in [0.25, 0.3) is 0 Å². The Morgan fingerprint density at radius 2 is 2.31 bits per heavy atom. The summed E-state index contributed by atoms with van der Waals surface area (Å²) in [5, 5.41) is 11.2. The SMILES string of the molecule is COCC(=O)N1CC2C[C@@H](NC(=O)CCn3cccn3)C[C@]2(c2nc(C)no2)C1. The van der Waals surface area contributed by atoms with Gasteiger partial charge >= 0.3 is 0 Å². The first-order chi connectivity index (χ1) is 14.0. The Bertz CT molecular complexity index is 866. The van der Waals surface area contributed by atoms with Crippen LogP contribution >= 0.6 is 0 Å². The summed E-state index contributed by atoms with van der Waals surface area (Å²) in [4.78, 5) is 31.1. The van der Waals surface area contributed by atoms with Crippen LogP contribution in [0.5, 0.6) is 0 Å². The van der Waals surface area contributed by atoms with Crippen molar-refractivity contribution in [2.24, 2.45) is 5.92 Å². The van der Waals surface area contributed by atoms with E-state index in [0.29, 0.717) is 44.2 Å². The Labute approximate surface area is 168 Å². The van der Waals surface area contributed by atoms with Crippen LogP contribution in [-0.2, 0) is 26.3 Å². The van der Waals surface area contributed by atoms with E-state index in [1.807, 2.05) is 17.2 Å². The summed E-state index contributed by atoms with van der Waals surface area (Å²) in [6.07, 6.45) is 5.35. The number of rotatable bonds is 7. The highest BCUT2D eigenvalue weighted by Crippen LogP contribution is 2.50. The molecule has 10 heteroatoms. The monoisotopic (exact) mass is 402 g/mol. The number of likely N-dealkylation sites (tertiary alicyclic amines) is 1. The smallest absolute Gasteiger partial charge is 0.248 e. The van der Waals surface area contributed by atoms with Gasteiger partial charge in [0.25, 0.3) is 0 Å². The number of carbonyl (C=O) groups excluding carboxylic acids is 2. The number of methoxy groups -OCH3 is 1. The fraction of sp³-hybridized carbons (Fsp3) is 0.632. The maximum atomic E-state index is 12.4. The number of hydrogen-bond donors (Lipinski definition) is 1. The fourth-order valence-corrected chi connectivity index (χ4v) is 4.67. The zero-order valence-electron chi connectivity index (χ0n) is 16.7. The highest BCUT2D eigenvalue weighted by Gasteiger charge is 2.58. The number of hydrogen-bond acceptors (Lipinski definition) is 7. The molecule has 29 heavy (non-hydrogen) atoms. The lowest BCUT2D eigenvalue weighted by Crippen LogP contribution is -2.40. The summed E-state index contributed by atoms with van der Waals surface area (Å²) in [5.74, 6) is 1.23. The number of fused-ring (bicyclic) bond motifs is 1. The summed E-state index contributed by atoms with van der Waals surface area (Å²) in [5.41, 5.74) is -0.426. The molecule has 10 nitrogen and oxygen atoms in total. The van der Waals surface area contributed by atoms with Crippen molar-refractivity contribution < 1.29 is 18.8 Å². The number of amides is 2. The topological polar surface area (TPSA) is 115 Å². The minimum Gasteiger partial charge on any atom is -0.375 e. The molecule has 1 aliphatic heterocycles. The molecule has 2 aromatic heterocycles. The van der Waals surface area contributed by atoms with Crippen molar-refractivity contribution in [3.63, 3.8) is 0 Å². The second-order valence-corrected chi connectivity index (χ2v) is 7.93. The van der Waals surface area contributed by atoms with Crippen LogP contribution in [0.15, 0.2) is 23.0 Å². The van der Waals surface area contributed by atoms with Crippen molar-refractivity contribution >= 4 is 11.8 Å². The number of nitrogens with one attached hydrogen (secondary N) is 1. The Hall–Kier alpha value is -2.75. The van der Waals surface area contributed by atoms with Crippen LogP contribution in [0.3, 0.4) is 0 Å². The third-order valence-electron chi connectivity index (χ3n) is 5.94. The van der Waals surface area contributed by atoms with Crippen molar-refractivity contribution in [1.82, 2.24) is 30.1 Å². The molecule has 2 fully saturated rings. The molecular formula is C19H26N6O4. The lowest BCUT2D eigenvalue weighted by Gasteiger charge is -2.25. The number of carbonyl (C=O) groups is 2. The lowest BCUT2D eigenvalue weighted by atomic mass is 9.80. The number of aromatic nitrogens is 4. The van der Waals surface area contributed by atoms with Crippen molar-refractivity contribution in [1.29, 1.82) is 0 Å². The van der Waals surface area contributed by atoms with Gasteiger partial charge in [-0.05, 0) is 31.7 Å². The molecule has 0 aromatic carbocycles. The highest BCUT2D eigenvalue weighted by molar-refractivity contribution is 5.78. The molecule has 0 radical (unpaired) electrons. The summed E-state index contributed by atoms with van der Waals surface area (Å²) in [6, 6.07) is 1.85. The Balaban J connectivity index is 1.44. The molecule has 2 aliphatic rings.